The van der Waals surface area contributed by atoms with E-state index < -0.39 is 0 Å². The molecule has 0 radical (unpaired) electrons. The fourth-order valence-electron chi connectivity index (χ4n) is 1.85. The van der Waals surface area contributed by atoms with Gasteiger partial charge in [0.25, 0.3) is 0 Å². The van der Waals surface area contributed by atoms with Crippen LogP contribution in [-0.2, 0) is 4.79 Å². The van der Waals surface area contributed by atoms with Gasteiger partial charge in [0, 0.05) is 5.41 Å². The first-order valence-electron chi connectivity index (χ1n) is 4.35. The summed E-state index contributed by atoms with van der Waals surface area (Å²) in [5, 5.41) is 0. The van der Waals surface area contributed by atoms with E-state index in [1.165, 1.54) is 25.7 Å². The number of hydrogen-bond acceptors (Lipinski definition) is 1. The van der Waals surface area contributed by atoms with Crippen LogP contribution in [0.15, 0.2) is 0 Å². The van der Waals surface area contributed by atoms with Crippen molar-refractivity contribution >= 4 is 5.91 Å². The first kappa shape index (κ1) is 8.57. The molecule has 0 heterocycles. The number of primary amides is 1. The van der Waals surface area contributed by atoms with Crippen molar-refractivity contribution in [2.24, 2.45) is 17.1 Å². The molecule has 0 aromatic rings. The predicted octanol–water partition coefficient (Wildman–Crippen LogP) is 1.69. The molecule has 11 heavy (non-hydrogen) atoms. The van der Waals surface area contributed by atoms with Crippen molar-refractivity contribution < 1.29 is 4.79 Å². The molecule has 0 unspecified atom stereocenters. The van der Waals surface area contributed by atoms with Crippen molar-refractivity contribution in [3.05, 3.63) is 0 Å². The average molecular weight is 155 g/mol. The highest BCUT2D eigenvalue weighted by Crippen LogP contribution is 2.39. The van der Waals surface area contributed by atoms with Gasteiger partial charge in [0.1, 0.15) is 0 Å². The van der Waals surface area contributed by atoms with Gasteiger partial charge in [0.2, 0.25) is 5.91 Å². The Morgan fingerprint density at radius 2 is 1.82 bits per heavy atom. The number of rotatable bonds is 2. The molecule has 0 atom stereocenters. The Labute approximate surface area is 68.2 Å². The summed E-state index contributed by atoms with van der Waals surface area (Å²) < 4.78 is 0. The fraction of sp³-hybridized carbons (Fsp3) is 0.889. The minimum atomic E-state index is -0.281. The van der Waals surface area contributed by atoms with Gasteiger partial charge in [0.15, 0.2) is 0 Å². The molecule has 1 saturated carbocycles. The third-order valence-electron chi connectivity index (χ3n) is 3.01. The molecule has 0 aromatic carbocycles. The van der Waals surface area contributed by atoms with Crippen molar-refractivity contribution in [3.63, 3.8) is 0 Å². The maximum absolute atomic E-state index is 11.0. The van der Waals surface area contributed by atoms with Gasteiger partial charge in [-0.3, -0.25) is 4.79 Å². The lowest BCUT2D eigenvalue weighted by atomic mass is 9.77. The molecule has 0 spiro atoms. The summed E-state index contributed by atoms with van der Waals surface area (Å²) in [5.74, 6) is 0.379. The summed E-state index contributed by atoms with van der Waals surface area (Å²) in [7, 11) is 0. The lowest BCUT2D eigenvalue weighted by molar-refractivity contribution is -0.128. The van der Waals surface area contributed by atoms with Crippen LogP contribution in [0.2, 0.25) is 0 Å². The highest BCUT2D eigenvalue weighted by Gasteiger charge is 2.36. The summed E-state index contributed by atoms with van der Waals surface area (Å²) in [6.45, 7) is 3.93. The minimum absolute atomic E-state index is 0.149. The normalized spacial score (nSPS) is 20.5. The molecule has 1 aliphatic carbocycles. The molecule has 0 saturated heterocycles. The summed E-state index contributed by atoms with van der Waals surface area (Å²) >= 11 is 0. The average Bonchev–Trinajstić information content (AvgIpc) is 2.37. The van der Waals surface area contributed by atoms with Gasteiger partial charge in [-0.2, -0.15) is 0 Å². The molecule has 1 aliphatic rings. The maximum Gasteiger partial charge on any atom is 0.223 e. The van der Waals surface area contributed by atoms with Crippen LogP contribution in [0, 0.1) is 11.3 Å². The Morgan fingerprint density at radius 3 is 2.18 bits per heavy atom. The second-order valence-corrected chi connectivity index (χ2v) is 4.07. The number of carbonyl (C=O) groups is 1. The number of nitrogens with two attached hydrogens (primary N) is 1. The SMILES string of the molecule is CC(C)(C(N)=O)C1CCCC1. The lowest BCUT2D eigenvalue weighted by Gasteiger charge is -2.27. The van der Waals surface area contributed by atoms with Crippen LogP contribution in [0.4, 0.5) is 0 Å². The van der Waals surface area contributed by atoms with Gasteiger partial charge < -0.3 is 5.73 Å². The summed E-state index contributed by atoms with van der Waals surface area (Å²) in [6, 6.07) is 0. The van der Waals surface area contributed by atoms with Crippen molar-refractivity contribution in [2.45, 2.75) is 39.5 Å². The summed E-state index contributed by atoms with van der Waals surface area (Å²) in [6.07, 6.45) is 4.88. The van der Waals surface area contributed by atoms with Gasteiger partial charge in [-0.05, 0) is 18.8 Å². The van der Waals surface area contributed by atoms with Crippen LogP contribution in [0.3, 0.4) is 0 Å². The van der Waals surface area contributed by atoms with Crippen molar-refractivity contribution in [1.82, 2.24) is 0 Å². The van der Waals surface area contributed by atoms with Crippen molar-refractivity contribution in [3.8, 4) is 0 Å². The molecule has 2 nitrogen and oxygen atoms in total. The molecule has 1 fully saturated rings. The number of amides is 1. The van der Waals surface area contributed by atoms with E-state index in [-0.39, 0.29) is 11.3 Å². The smallest absolute Gasteiger partial charge is 0.223 e. The van der Waals surface area contributed by atoms with Gasteiger partial charge >= 0.3 is 0 Å². The zero-order valence-corrected chi connectivity index (χ0v) is 7.39. The topological polar surface area (TPSA) is 43.1 Å². The predicted molar refractivity (Wildman–Crippen MR) is 44.9 cm³/mol. The molecule has 1 rings (SSSR count). The van der Waals surface area contributed by atoms with Crippen LogP contribution in [0.5, 0.6) is 0 Å². The zero-order chi connectivity index (χ0) is 8.48. The van der Waals surface area contributed by atoms with E-state index in [1.54, 1.807) is 0 Å². The third kappa shape index (κ3) is 1.55. The fourth-order valence-corrected chi connectivity index (χ4v) is 1.85. The van der Waals surface area contributed by atoms with E-state index in [9.17, 15) is 4.79 Å². The molecular formula is C9H17NO. The van der Waals surface area contributed by atoms with E-state index >= 15 is 0 Å². The van der Waals surface area contributed by atoms with Crippen molar-refractivity contribution in [2.75, 3.05) is 0 Å². The first-order chi connectivity index (χ1) is 5.05. The number of carbonyl (C=O) groups excluding carboxylic acids is 1. The molecule has 2 heteroatoms. The van der Waals surface area contributed by atoms with E-state index in [1.807, 2.05) is 13.8 Å². The lowest BCUT2D eigenvalue weighted by Crippen LogP contribution is -2.37. The van der Waals surface area contributed by atoms with E-state index in [4.69, 9.17) is 5.73 Å². The van der Waals surface area contributed by atoms with Gasteiger partial charge in [-0.25, -0.2) is 0 Å². The summed E-state index contributed by atoms with van der Waals surface area (Å²) in [4.78, 5) is 11.0. The summed E-state index contributed by atoms with van der Waals surface area (Å²) in [5.41, 5.74) is 5.03. The van der Waals surface area contributed by atoms with Gasteiger partial charge in [-0.15, -0.1) is 0 Å². The molecule has 1 amide bonds. The maximum atomic E-state index is 11.0. The van der Waals surface area contributed by atoms with E-state index in [2.05, 4.69) is 0 Å². The Morgan fingerprint density at radius 1 is 1.36 bits per heavy atom. The van der Waals surface area contributed by atoms with Crippen LogP contribution in [0.25, 0.3) is 0 Å². The largest absolute Gasteiger partial charge is 0.369 e. The molecular weight excluding hydrogens is 138 g/mol. The molecule has 2 N–H and O–H groups in total. The third-order valence-corrected chi connectivity index (χ3v) is 3.01. The molecule has 0 aliphatic heterocycles. The van der Waals surface area contributed by atoms with Gasteiger partial charge in [-0.1, -0.05) is 26.7 Å². The van der Waals surface area contributed by atoms with E-state index in [0.717, 1.165) is 0 Å². The van der Waals surface area contributed by atoms with E-state index in [0.29, 0.717) is 5.92 Å². The number of hydrogen-bond donors (Lipinski definition) is 1. The Bertz CT molecular complexity index is 157. The Kier molecular flexibility index (Phi) is 2.21. The Hall–Kier alpha value is -0.530. The standard InChI is InChI=1S/C9H17NO/c1-9(2,8(10)11)7-5-3-4-6-7/h7H,3-6H2,1-2H3,(H2,10,11). The minimum Gasteiger partial charge on any atom is -0.369 e. The molecule has 0 aromatic heterocycles. The zero-order valence-electron chi connectivity index (χ0n) is 7.39. The second kappa shape index (κ2) is 2.84. The van der Waals surface area contributed by atoms with Crippen molar-refractivity contribution in [1.29, 1.82) is 0 Å². The highest BCUT2D eigenvalue weighted by atomic mass is 16.1. The molecule has 0 bridgehead atoms. The van der Waals surface area contributed by atoms with Crippen LogP contribution >= 0.6 is 0 Å². The highest BCUT2D eigenvalue weighted by molar-refractivity contribution is 5.80. The quantitative estimate of drug-likeness (QED) is 0.648. The molecule has 64 valence electrons. The second-order valence-electron chi connectivity index (χ2n) is 4.07. The van der Waals surface area contributed by atoms with Crippen LogP contribution < -0.4 is 5.73 Å². The van der Waals surface area contributed by atoms with Crippen LogP contribution in [0.1, 0.15) is 39.5 Å². The van der Waals surface area contributed by atoms with Gasteiger partial charge in [0.05, 0.1) is 0 Å². The first-order valence-corrected chi connectivity index (χ1v) is 4.35. The van der Waals surface area contributed by atoms with Crippen LogP contribution in [-0.4, -0.2) is 5.91 Å². The monoisotopic (exact) mass is 155 g/mol. The Balaban J connectivity index is 2.62.